The number of anilines is 1. The van der Waals surface area contributed by atoms with Gasteiger partial charge in [0.2, 0.25) is 5.88 Å². The van der Waals surface area contributed by atoms with Gasteiger partial charge in [0.05, 0.1) is 0 Å². The first-order valence-electron chi connectivity index (χ1n) is 8.15. The monoisotopic (exact) mass is 351 g/mol. The Labute approximate surface area is 149 Å². The number of aromatic nitrogens is 2. The van der Waals surface area contributed by atoms with Crippen molar-refractivity contribution in [1.29, 1.82) is 0 Å². The summed E-state index contributed by atoms with van der Waals surface area (Å²) in [7, 11) is 0. The number of carbonyl (C=O) groups is 1. The molecule has 0 saturated carbocycles. The SMILES string of the molecule is O=C(Nc1ccc2c(OC3CCSC3)nccc2c1)c1ccccn1. The largest absolute Gasteiger partial charge is 0.473 e. The Balaban J connectivity index is 1.57. The van der Waals surface area contributed by atoms with Gasteiger partial charge in [0, 0.05) is 29.2 Å². The van der Waals surface area contributed by atoms with E-state index >= 15 is 0 Å². The van der Waals surface area contributed by atoms with Gasteiger partial charge < -0.3 is 10.1 Å². The van der Waals surface area contributed by atoms with Crippen molar-refractivity contribution in [2.45, 2.75) is 12.5 Å². The lowest BCUT2D eigenvalue weighted by molar-refractivity contribution is 0.102. The number of carbonyl (C=O) groups excluding carboxylic acids is 1. The van der Waals surface area contributed by atoms with E-state index in [1.54, 1.807) is 30.6 Å². The zero-order valence-corrected chi connectivity index (χ0v) is 14.3. The highest BCUT2D eigenvalue weighted by atomic mass is 32.2. The highest BCUT2D eigenvalue weighted by Gasteiger charge is 2.18. The van der Waals surface area contributed by atoms with Crippen LogP contribution < -0.4 is 10.1 Å². The molecule has 1 aliphatic rings. The van der Waals surface area contributed by atoms with E-state index in [-0.39, 0.29) is 12.0 Å². The molecule has 3 aromatic rings. The van der Waals surface area contributed by atoms with Crippen molar-refractivity contribution >= 4 is 34.1 Å². The summed E-state index contributed by atoms with van der Waals surface area (Å²) < 4.78 is 6.05. The van der Waals surface area contributed by atoms with E-state index in [2.05, 4.69) is 15.3 Å². The van der Waals surface area contributed by atoms with E-state index in [1.807, 2.05) is 36.0 Å². The molecule has 25 heavy (non-hydrogen) atoms. The summed E-state index contributed by atoms with van der Waals surface area (Å²) in [6, 6.07) is 12.9. The molecule has 1 amide bonds. The summed E-state index contributed by atoms with van der Waals surface area (Å²) in [6.07, 6.45) is 4.63. The Morgan fingerprint density at radius 2 is 2.12 bits per heavy atom. The van der Waals surface area contributed by atoms with Crippen LogP contribution in [0.1, 0.15) is 16.9 Å². The quantitative estimate of drug-likeness (QED) is 0.775. The van der Waals surface area contributed by atoms with Crippen LogP contribution in [0.5, 0.6) is 5.88 Å². The molecule has 0 aliphatic carbocycles. The van der Waals surface area contributed by atoms with Gasteiger partial charge in [0.15, 0.2) is 0 Å². The number of hydrogen-bond donors (Lipinski definition) is 1. The van der Waals surface area contributed by atoms with Gasteiger partial charge in [-0.3, -0.25) is 9.78 Å². The van der Waals surface area contributed by atoms with Crippen molar-refractivity contribution < 1.29 is 9.53 Å². The predicted molar refractivity (Wildman–Crippen MR) is 100 cm³/mol. The minimum Gasteiger partial charge on any atom is -0.473 e. The fraction of sp³-hybridized carbons (Fsp3) is 0.211. The summed E-state index contributed by atoms with van der Waals surface area (Å²) in [5.41, 5.74) is 1.11. The molecule has 1 aliphatic heterocycles. The third-order valence-corrected chi connectivity index (χ3v) is 5.18. The Hall–Kier alpha value is -2.60. The van der Waals surface area contributed by atoms with Crippen molar-refractivity contribution in [2.24, 2.45) is 0 Å². The summed E-state index contributed by atoms with van der Waals surface area (Å²) in [4.78, 5) is 20.7. The maximum atomic E-state index is 12.2. The molecule has 0 spiro atoms. The number of pyridine rings is 2. The lowest BCUT2D eigenvalue weighted by Crippen LogP contribution is -2.15. The third-order valence-electron chi connectivity index (χ3n) is 4.05. The number of ether oxygens (including phenoxy) is 1. The second-order valence-corrected chi connectivity index (χ2v) is 6.97. The number of fused-ring (bicyclic) bond motifs is 1. The highest BCUT2D eigenvalue weighted by Crippen LogP contribution is 2.29. The lowest BCUT2D eigenvalue weighted by Gasteiger charge is -2.14. The van der Waals surface area contributed by atoms with Gasteiger partial charge in [-0.25, -0.2) is 4.98 Å². The van der Waals surface area contributed by atoms with E-state index < -0.39 is 0 Å². The lowest BCUT2D eigenvalue weighted by atomic mass is 10.1. The van der Waals surface area contributed by atoms with Gasteiger partial charge in [0.25, 0.3) is 5.91 Å². The molecule has 6 heteroatoms. The molecule has 1 atom stereocenters. The molecule has 126 valence electrons. The van der Waals surface area contributed by atoms with Crippen LogP contribution in [-0.4, -0.2) is 33.5 Å². The van der Waals surface area contributed by atoms with Crippen LogP contribution in [0, 0.1) is 0 Å². The molecule has 5 nitrogen and oxygen atoms in total. The molecule has 1 unspecified atom stereocenters. The maximum absolute atomic E-state index is 12.2. The van der Waals surface area contributed by atoms with Crippen molar-refractivity contribution in [3.63, 3.8) is 0 Å². The molecule has 1 saturated heterocycles. The minimum absolute atomic E-state index is 0.228. The van der Waals surface area contributed by atoms with E-state index in [0.717, 1.165) is 34.4 Å². The number of thioether (sulfide) groups is 1. The summed E-state index contributed by atoms with van der Waals surface area (Å²) in [5, 5.41) is 4.81. The first-order valence-corrected chi connectivity index (χ1v) is 9.30. The first kappa shape index (κ1) is 15.9. The molecule has 1 fully saturated rings. The molecule has 3 heterocycles. The Morgan fingerprint density at radius 1 is 1.16 bits per heavy atom. The van der Waals surface area contributed by atoms with Crippen molar-refractivity contribution in [3.05, 3.63) is 60.6 Å². The van der Waals surface area contributed by atoms with Crippen LogP contribution >= 0.6 is 11.8 Å². The van der Waals surface area contributed by atoms with Crippen LogP contribution in [-0.2, 0) is 0 Å². The summed E-state index contributed by atoms with van der Waals surface area (Å²) in [5.74, 6) is 2.58. The van der Waals surface area contributed by atoms with Crippen LogP contribution in [0.3, 0.4) is 0 Å². The second kappa shape index (κ2) is 7.11. The first-order chi connectivity index (χ1) is 12.3. The summed E-state index contributed by atoms with van der Waals surface area (Å²) in [6.45, 7) is 0. The molecule has 1 aromatic carbocycles. The zero-order valence-electron chi connectivity index (χ0n) is 13.5. The number of amides is 1. The minimum atomic E-state index is -0.228. The van der Waals surface area contributed by atoms with Crippen molar-refractivity contribution in [3.8, 4) is 5.88 Å². The smallest absolute Gasteiger partial charge is 0.274 e. The summed E-state index contributed by atoms with van der Waals surface area (Å²) >= 11 is 1.91. The fourth-order valence-corrected chi connectivity index (χ4v) is 3.87. The molecule has 0 radical (unpaired) electrons. The van der Waals surface area contributed by atoms with Crippen LogP contribution in [0.15, 0.2) is 54.9 Å². The van der Waals surface area contributed by atoms with Gasteiger partial charge >= 0.3 is 0 Å². The van der Waals surface area contributed by atoms with Crippen molar-refractivity contribution in [1.82, 2.24) is 9.97 Å². The Kier molecular flexibility index (Phi) is 4.52. The average molecular weight is 351 g/mol. The van der Waals surface area contributed by atoms with E-state index in [1.165, 1.54) is 0 Å². The number of rotatable bonds is 4. The van der Waals surface area contributed by atoms with E-state index in [0.29, 0.717) is 11.6 Å². The van der Waals surface area contributed by atoms with Gasteiger partial charge in [-0.2, -0.15) is 11.8 Å². The molecular weight excluding hydrogens is 334 g/mol. The van der Waals surface area contributed by atoms with Crippen LogP contribution in [0.25, 0.3) is 10.8 Å². The molecule has 1 N–H and O–H groups in total. The number of nitrogens with one attached hydrogen (secondary N) is 1. The topological polar surface area (TPSA) is 64.1 Å². The van der Waals surface area contributed by atoms with Gasteiger partial charge in [-0.05, 0) is 54.0 Å². The Morgan fingerprint density at radius 3 is 2.92 bits per heavy atom. The second-order valence-electron chi connectivity index (χ2n) is 5.82. The fourth-order valence-electron chi connectivity index (χ4n) is 2.78. The molecule has 4 rings (SSSR count). The average Bonchev–Trinajstić information content (AvgIpc) is 3.15. The third kappa shape index (κ3) is 3.58. The Bertz CT molecular complexity index is 896. The normalized spacial score (nSPS) is 16.7. The van der Waals surface area contributed by atoms with Crippen LogP contribution in [0.4, 0.5) is 5.69 Å². The van der Waals surface area contributed by atoms with E-state index in [4.69, 9.17) is 4.74 Å². The van der Waals surface area contributed by atoms with Gasteiger partial charge in [0.1, 0.15) is 11.8 Å². The predicted octanol–water partition coefficient (Wildman–Crippen LogP) is 3.77. The zero-order chi connectivity index (χ0) is 17.1. The van der Waals surface area contributed by atoms with Gasteiger partial charge in [-0.15, -0.1) is 0 Å². The maximum Gasteiger partial charge on any atom is 0.274 e. The van der Waals surface area contributed by atoms with Crippen LogP contribution in [0.2, 0.25) is 0 Å². The number of nitrogens with zero attached hydrogens (tertiary/aromatic N) is 2. The van der Waals surface area contributed by atoms with E-state index in [9.17, 15) is 4.79 Å². The number of hydrogen-bond acceptors (Lipinski definition) is 5. The molecule has 0 bridgehead atoms. The molecule has 2 aromatic heterocycles. The molecular formula is C19H17N3O2S. The highest BCUT2D eigenvalue weighted by molar-refractivity contribution is 7.99. The van der Waals surface area contributed by atoms with Gasteiger partial charge in [-0.1, -0.05) is 6.07 Å². The number of benzene rings is 1. The standard InChI is InChI=1S/C19H17N3O2S/c23-18(17-3-1-2-8-20-17)22-14-4-5-16-13(11-14)6-9-21-19(16)24-15-7-10-25-12-15/h1-6,8-9,11,15H,7,10,12H2,(H,22,23). The van der Waals surface area contributed by atoms with Crippen molar-refractivity contribution in [2.75, 3.05) is 16.8 Å².